The standard InChI is InChI=1S/C6H2Cl2O4.2Na.3H2O/c7-1-3(9)5(11)2(8)6(12)4(1)10;;;;;/h9,12H;;;3*1H2/q;2*+1;;;/p-2. The number of carbonyl (C=O) groups is 2. The number of rotatable bonds is 0. The monoisotopic (exact) mass is 306 g/mol. The van der Waals surface area contributed by atoms with Gasteiger partial charge >= 0.3 is 59.1 Å². The van der Waals surface area contributed by atoms with Gasteiger partial charge in [-0.2, -0.15) is 0 Å². The molecule has 0 atom stereocenters. The Morgan fingerprint density at radius 3 is 1.06 bits per heavy atom. The molecule has 0 heterocycles. The summed E-state index contributed by atoms with van der Waals surface area (Å²) in [4.78, 5) is 21.4. The van der Waals surface area contributed by atoms with E-state index in [-0.39, 0.29) is 75.5 Å². The van der Waals surface area contributed by atoms with E-state index in [1.165, 1.54) is 0 Å². The molecule has 88 valence electrons. The fourth-order valence-electron chi connectivity index (χ4n) is 0.605. The van der Waals surface area contributed by atoms with E-state index in [4.69, 9.17) is 23.2 Å². The number of hydrogen-bond acceptors (Lipinski definition) is 4. The number of carbonyl (C=O) groups excluding carboxylic acids is 2. The van der Waals surface area contributed by atoms with Gasteiger partial charge in [0.25, 0.3) is 0 Å². The van der Waals surface area contributed by atoms with Gasteiger partial charge in [-0.25, -0.2) is 0 Å². The van der Waals surface area contributed by atoms with Crippen LogP contribution in [0.15, 0.2) is 21.6 Å². The van der Waals surface area contributed by atoms with Crippen LogP contribution in [0.25, 0.3) is 0 Å². The molecule has 0 aromatic carbocycles. The molecule has 0 fully saturated rings. The number of Topliss-reactive ketones (excluding diaryl/α,β-unsaturated/α-hetero) is 2. The Kier molecular flexibility index (Phi) is 21.6. The predicted octanol–water partition coefficient (Wildman–Crippen LogP) is -9.71. The van der Waals surface area contributed by atoms with Gasteiger partial charge in [0.15, 0.2) is 11.6 Å². The smallest absolute Gasteiger partial charge is 0.869 e. The third-order valence-corrected chi connectivity index (χ3v) is 1.90. The molecule has 6 N–H and O–H groups in total. The van der Waals surface area contributed by atoms with Crippen molar-refractivity contribution in [2.24, 2.45) is 0 Å². The maximum absolute atomic E-state index is 10.7. The Balaban J connectivity index is -0.0000000960. The molecule has 1 rings (SSSR count). The second-order valence-corrected chi connectivity index (χ2v) is 2.70. The Bertz CT molecular complexity index is 290. The first kappa shape index (κ1) is 30.7. The molecule has 0 unspecified atom stereocenters. The van der Waals surface area contributed by atoms with Gasteiger partial charge in [0.05, 0.1) is 10.1 Å². The molecular weight excluding hydrogens is 301 g/mol. The summed E-state index contributed by atoms with van der Waals surface area (Å²) in [5.41, 5.74) is 0. The van der Waals surface area contributed by atoms with Crippen molar-refractivity contribution in [3.05, 3.63) is 21.6 Å². The molecule has 0 aliphatic heterocycles. The Morgan fingerprint density at radius 1 is 0.706 bits per heavy atom. The van der Waals surface area contributed by atoms with Crippen LogP contribution >= 0.6 is 23.2 Å². The number of hydrogen-bond donors (Lipinski definition) is 0. The normalized spacial score (nSPS) is 13.5. The van der Waals surface area contributed by atoms with Crippen LogP contribution < -0.4 is 69.3 Å². The van der Waals surface area contributed by atoms with E-state index in [0.29, 0.717) is 0 Å². The van der Waals surface area contributed by atoms with Gasteiger partial charge in [-0.05, 0) is 11.5 Å². The van der Waals surface area contributed by atoms with Crippen molar-refractivity contribution in [1.82, 2.24) is 0 Å². The van der Waals surface area contributed by atoms with Crippen LogP contribution in [0.5, 0.6) is 0 Å². The van der Waals surface area contributed by atoms with Crippen molar-refractivity contribution in [1.29, 1.82) is 0 Å². The molecule has 0 aromatic heterocycles. The van der Waals surface area contributed by atoms with Crippen LogP contribution in [0.3, 0.4) is 0 Å². The second kappa shape index (κ2) is 11.9. The topological polar surface area (TPSA) is 175 Å². The van der Waals surface area contributed by atoms with Crippen LogP contribution in [-0.4, -0.2) is 28.0 Å². The molecule has 1 aliphatic carbocycles. The van der Waals surface area contributed by atoms with Gasteiger partial charge in [-0.15, -0.1) is 0 Å². The van der Waals surface area contributed by atoms with Gasteiger partial charge in [-0.3, -0.25) is 9.59 Å². The van der Waals surface area contributed by atoms with Gasteiger partial charge in [0.2, 0.25) is 0 Å². The molecule has 17 heavy (non-hydrogen) atoms. The summed E-state index contributed by atoms with van der Waals surface area (Å²) in [6.07, 6.45) is 0. The minimum atomic E-state index is -1.23. The van der Waals surface area contributed by atoms with Crippen LogP contribution in [0.1, 0.15) is 0 Å². The molecule has 0 saturated carbocycles. The first-order valence-electron chi connectivity index (χ1n) is 2.69. The number of allylic oxidation sites excluding steroid dienone is 2. The van der Waals surface area contributed by atoms with Crippen molar-refractivity contribution >= 4 is 34.8 Å². The van der Waals surface area contributed by atoms with Gasteiger partial charge in [0.1, 0.15) is 0 Å². The predicted molar refractivity (Wildman–Crippen MR) is 46.6 cm³/mol. The third kappa shape index (κ3) is 6.04. The van der Waals surface area contributed by atoms with E-state index in [1.807, 2.05) is 0 Å². The summed E-state index contributed by atoms with van der Waals surface area (Å²) >= 11 is 10.2. The third-order valence-electron chi connectivity index (χ3n) is 1.21. The molecule has 7 nitrogen and oxygen atoms in total. The zero-order valence-electron chi connectivity index (χ0n) is 8.89. The molecule has 11 heteroatoms. The summed E-state index contributed by atoms with van der Waals surface area (Å²) < 4.78 is 0. The first-order valence-corrected chi connectivity index (χ1v) is 3.45. The number of ketones is 2. The molecule has 0 saturated heterocycles. The van der Waals surface area contributed by atoms with E-state index < -0.39 is 33.1 Å². The maximum Gasteiger partial charge on any atom is 1.00 e. The quantitative estimate of drug-likeness (QED) is 0.319. The van der Waals surface area contributed by atoms with E-state index >= 15 is 0 Å². The van der Waals surface area contributed by atoms with Crippen molar-refractivity contribution < 1.29 is 95.3 Å². The largest absolute Gasteiger partial charge is 1.00 e. The Labute approximate surface area is 150 Å². The average molecular weight is 307 g/mol. The number of halogens is 2. The van der Waals surface area contributed by atoms with Crippen molar-refractivity contribution in [3.8, 4) is 0 Å². The van der Waals surface area contributed by atoms with E-state index in [9.17, 15) is 19.8 Å². The van der Waals surface area contributed by atoms with Gasteiger partial charge in [0, 0.05) is 0 Å². The average Bonchev–Trinajstić information content (AvgIpc) is 2.08. The van der Waals surface area contributed by atoms with Crippen LogP contribution in [0.2, 0.25) is 0 Å². The first-order chi connectivity index (χ1) is 5.46. The minimum Gasteiger partial charge on any atom is -0.869 e. The summed E-state index contributed by atoms with van der Waals surface area (Å²) in [6.45, 7) is 0. The molecule has 1 aliphatic rings. The van der Waals surface area contributed by atoms with Crippen molar-refractivity contribution in [2.45, 2.75) is 0 Å². The molecule has 0 amide bonds. The molecule has 0 spiro atoms. The van der Waals surface area contributed by atoms with Crippen molar-refractivity contribution in [3.63, 3.8) is 0 Å². The maximum atomic E-state index is 10.7. The fourth-order valence-corrected chi connectivity index (χ4v) is 0.948. The van der Waals surface area contributed by atoms with Crippen LogP contribution in [0, 0.1) is 0 Å². The zero-order valence-corrected chi connectivity index (χ0v) is 14.4. The summed E-state index contributed by atoms with van der Waals surface area (Å²) in [5.74, 6) is -4.92. The molecule has 0 aromatic rings. The Hall–Kier alpha value is 0.880. The van der Waals surface area contributed by atoms with E-state index in [0.717, 1.165) is 0 Å². The molecule has 0 radical (unpaired) electrons. The van der Waals surface area contributed by atoms with Crippen molar-refractivity contribution in [2.75, 3.05) is 0 Å². The minimum absolute atomic E-state index is 0. The summed E-state index contributed by atoms with van der Waals surface area (Å²) in [6, 6.07) is 0. The fraction of sp³-hybridized carbons (Fsp3) is 0. The molecule has 0 bridgehead atoms. The van der Waals surface area contributed by atoms with E-state index in [2.05, 4.69) is 0 Å². The van der Waals surface area contributed by atoms with Gasteiger partial charge < -0.3 is 26.6 Å². The second-order valence-electron chi connectivity index (χ2n) is 1.94. The summed E-state index contributed by atoms with van der Waals surface area (Å²) in [7, 11) is 0. The van der Waals surface area contributed by atoms with E-state index in [1.54, 1.807) is 0 Å². The zero-order chi connectivity index (χ0) is 9.46. The SMILES string of the molecule is O.O.O.O=C1C([O-])=C(Cl)C(=O)C([O-])=C1Cl.[Na+].[Na+]. The van der Waals surface area contributed by atoms with Crippen LogP contribution in [-0.2, 0) is 9.59 Å². The van der Waals surface area contributed by atoms with Gasteiger partial charge in [-0.1, -0.05) is 23.2 Å². The van der Waals surface area contributed by atoms with Crippen LogP contribution in [0.4, 0.5) is 0 Å². The summed E-state index contributed by atoms with van der Waals surface area (Å²) in [5, 5.41) is 19.6. The molecular formula is C6H6Cl2Na2O7. The Morgan fingerprint density at radius 2 is 0.882 bits per heavy atom.